The third kappa shape index (κ3) is 4.10. The zero-order valence-corrected chi connectivity index (χ0v) is 14.4. The summed E-state index contributed by atoms with van der Waals surface area (Å²) in [4.78, 5) is 0.0618. The van der Waals surface area contributed by atoms with Gasteiger partial charge >= 0.3 is 6.18 Å². The summed E-state index contributed by atoms with van der Waals surface area (Å²) in [6.07, 6.45) is -3.65. The molecule has 0 saturated carbocycles. The molecule has 0 aliphatic heterocycles. The second-order valence-electron chi connectivity index (χ2n) is 4.82. The van der Waals surface area contributed by atoms with Crippen LogP contribution in [0.3, 0.4) is 0 Å². The van der Waals surface area contributed by atoms with Gasteiger partial charge in [0.1, 0.15) is 0 Å². The van der Waals surface area contributed by atoms with Crippen LogP contribution in [0.25, 0.3) is 0 Å². The highest BCUT2D eigenvalue weighted by Crippen LogP contribution is 2.34. The summed E-state index contributed by atoms with van der Waals surface area (Å²) in [6.45, 7) is 2.01. The fraction of sp³-hybridized carbons (Fsp3) is 0.250. The molecule has 0 radical (unpaired) electrons. The molecule has 21 heavy (non-hydrogen) atoms. The van der Waals surface area contributed by atoms with E-state index in [-0.39, 0.29) is 4.83 Å². The molecule has 0 aliphatic carbocycles. The van der Waals surface area contributed by atoms with Crippen molar-refractivity contribution < 1.29 is 13.2 Å². The van der Waals surface area contributed by atoms with Crippen molar-refractivity contribution in [1.82, 2.24) is 0 Å². The molecule has 0 saturated heterocycles. The minimum Gasteiger partial charge on any atom is -0.166 e. The van der Waals surface area contributed by atoms with Gasteiger partial charge in [0.05, 0.1) is 5.56 Å². The van der Waals surface area contributed by atoms with E-state index in [0.717, 1.165) is 33.3 Å². The fourth-order valence-electron chi connectivity index (χ4n) is 2.11. The van der Waals surface area contributed by atoms with Crippen LogP contribution in [0.1, 0.15) is 27.1 Å². The summed E-state index contributed by atoms with van der Waals surface area (Å²) in [5.41, 5.74) is 2.51. The van der Waals surface area contributed by atoms with E-state index in [2.05, 4.69) is 31.9 Å². The molecule has 0 amide bonds. The summed E-state index contributed by atoms with van der Waals surface area (Å²) in [6, 6.07) is 11.3. The highest BCUT2D eigenvalue weighted by molar-refractivity contribution is 9.10. The number of alkyl halides is 4. The van der Waals surface area contributed by atoms with Crippen LogP contribution >= 0.6 is 31.9 Å². The average Bonchev–Trinajstić information content (AvgIpc) is 2.41. The average molecular weight is 422 g/mol. The molecule has 1 atom stereocenters. The topological polar surface area (TPSA) is 0 Å². The van der Waals surface area contributed by atoms with Crippen molar-refractivity contribution in [3.63, 3.8) is 0 Å². The minimum absolute atomic E-state index is 0.0618. The number of rotatable bonds is 3. The molecule has 0 bridgehead atoms. The monoisotopic (exact) mass is 420 g/mol. The van der Waals surface area contributed by atoms with Crippen LogP contribution in [0, 0.1) is 6.92 Å². The van der Waals surface area contributed by atoms with Gasteiger partial charge in [-0.15, -0.1) is 0 Å². The zero-order chi connectivity index (χ0) is 15.6. The number of hydrogen-bond donors (Lipinski definition) is 0. The SMILES string of the molecule is Cc1c(Br)cccc1C(Br)Cc1ccc(C(F)(F)F)cc1. The summed E-state index contributed by atoms with van der Waals surface area (Å²) in [7, 11) is 0. The Bertz CT molecular complexity index is 618. The molecule has 2 aromatic carbocycles. The first-order valence-electron chi connectivity index (χ1n) is 6.34. The minimum atomic E-state index is -4.28. The molecule has 0 nitrogen and oxygen atoms in total. The second kappa shape index (κ2) is 6.53. The van der Waals surface area contributed by atoms with Gasteiger partial charge in [0.2, 0.25) is 0 Å². The van der Waals surface area contributed by atoms with E-state index in [1.807, 2.05) is 25.1 Å². The Morgan fingerprint density at radius 3 is 2.24 bits per heavy atom. The Balaban J connectivity index is 2.16. The standard InChI is InChI=1S/C16H13Br2F3/c1-10-13(3-2-4-14(10)17)15(18)9-11-5-7-12(8-6-11)16(19,20)21/h2-8,15H,9H2,1H3. The highest BCUT2D eigenvalue weighted by Gasteiger charge is 2.30. The van der Waals surface area contributed by atoms with Crippen molar-refractivity contribution in [3.05, 3.63) is 69.2 Å². The van der Waals surface area contributed by atoms with Crippen LogP contribution in [0.5, 0.6) is 0 Å². The number of benzene rings is 2. The van der Waals surface area contributed by atoms with E-state index < -0.39 is 11.7 Å². The van der Waals surface area contributed by atoms with E-state index >= 15 is 0 Å². The number of hydrogen-bond acceptors (Lipinski definition) is 0. The molecule has 0 aliphatic rings. The van der Waals surface area contributed by atoms with Crippen molar-refractivity contribution in [2.24, 2.45) is 0 Å². The lowest BCUT2D eigenvalue weighted by molar-refractivity contribution is -0.137. The Hall–Kier alpha value is -0.810. The third-order valence-corrected chi connectivity index (χ3v) is 5.02. The lowest BCUT2D eigenvalue weighted by atomic mass is 10.00. The zero-order valence-electron chi connectivity index (χ0n) is 11.2. The Labute approximate surface area is 138 Å². The van der Waals surface area contributed by atoms with Crippen molar-refractivity contribution in [1.29, 1.82) is 0 Å². The van der Waals surface area contributed by atoms with Gasteiger partial charge in [-0.1, -0.05) is 56.1 Å². The number of halogens is 5. The van der Waals surface area contributed by atoms with Crippen molar-refractivity contribution in [2.75, 3.05) is 0 Å². The lowest BCUT2D eigenvalue weighted by Gasteiger charge is -2.15. The van der Waals surface area contributed by atoms with E-state index in [1.54, 1.807) is 0 Å². The molecule has 0 N–H and O–H groups in total. The van der Waals surface area contributed by atoms with Crippen molar-refractivity contribution in [2.45, 2.75) is 24.3 Å². The molecule has 0 spiro atoms. The maximum Gasteiger partial charge on any atom is 0.416 e. The van der Waals surface area contributed by atoms with Gasteiger partial charge in [0, 0.05) is 9.30 Å². The van der Waals surface area contributed by atoms with Crippen LogP contribution in [0.4, 0.5) is 13.2 Å². The van der Waals surface area contributed by atoms with Gasteiger partial charge in [-0.3, -0.25) is 0 Å². The largest absolute Gasteiger partial charge is 0.416 e. The fourth-order valence-corrected chi connectivity index (χ4v) is 3.36. The van der Waals surface area contributed by atoms with Gasteiger partial charge in [-0.2, -0.15) is 13.2 Å². The molecule has 112 valence electrons. The maximum atomic E-state index is 12.5. The molecule has 2 rings (SSSR count). The van der Waals surface area contributed by atoms with Crippen molar-refractivity contribution >= 4 is 31.9 Å². The van der Waals surface area contributed by atoms with Gasteiger partial charge in [-0.05, 0) is 48.2 Å². The predicted molar refractivity (Wildman–Crippen MR) is 85.7 cm³/mol. The van der Waals surface area contributed by atoms with E-state index in [1.165, 1.54) is 12.1 Å². The second-order valence-corrected chi connectivity index (χ2v) is 6.78. The third-order valence-electron chi connectivity index (χ3n) is 3.34. The molecule has 1 unspecified atom stereocenters. The molecular formula is C16H13Br2F3. The normalized spacial score (nSPS) is 13.2. The van der Waals surface area contributed by atoms with Crippen LogP contribution in [0.2, 0.25) is 0 Å². The van der Waals surface area contributed by atoms with Crippen LogP contribution in [-0.2, 0) is 12.6 Å². The Morgan fingerprint density at radius 2 is 1.67 bits per heavy atom. The molecule has 0 fully saturated rings. The smallest absolute Gasteiger partial charge is 0.166 e. The first-order valence-corrected chi connectivity index (χ1v) is 8.05. The van der Waals surface area contributed by atoms with Crippen molar-refractivity contribution in [3.8, 4) is 0 Å². The summed E-state index contributed by atoms with van der Waals surface area (Å²) in [5.74, 6) is 0. The summed E-state index contributed by atoms with van der Waals surface area (Å²) in [5, 5.41) is 0. The lowest BCUT2D eigenvalue weighted by Crippen LogP contribution is -2.05. The van der Waals surface area contributed by atoms with Gasteiger partial charge in [-0.25, -0.2) is 0 Å². The van der Waals surface area contributed by atoms with Gasteiger partial charge in [0.15, 0.2) is 0 Å². The molecule has 2 aromatic rings. The first-order chi connectivity index (χ1) is 9.79. The van der Waals surface area contributed by atoms with Crippen LogP contribution < -0.4 is 0 Å². The maximum absolute atomic E-state index is 12.5. The van der Waals surface area contributed by atoms with E-state index in [9.17, 15) is 13.2 Å². The molecule has 5 heteroatoms. The van der Waals surface area contributed by atoms with E-state index in [0.29, 0.717) is 6.42 Å². The predicted octanol–water partition coefficient (Wildman–Crippen LogP) is 6.46. The quantitative estimate of drug-likeness (QED) is 0.499. The molecule has 0 aromatic heterocycles. The van der Waals surface area contributed by atoms with Crippen LogP contribution in [0.15, 0.2) is 46.9 Å². The van der Waals surface area contributed by atoms with Crippen LogP contribution in [-0.4, -0.2) is 0 Å². The summed E-state index contributed by atoms with van der Waals surface area (Å²) < 4.78 is 38.6. The Morgan fingerprint density at radius 1 is 1.05 bits per heavy atom. The molecular weight excluding hydrogens is 409 g/mol. The molecule has 0 heterocycles. The highest BCUT2D eigenvalue weighted by atomic mass is 79.9. The first kappa shape index (κ1) is 16.6. The van der Waals surface area contributed by atoms with Gasteiger partial charge in [0.25, 0.3) is 0 Å². The Kier molecular flexibility index (Phi) is 5.15. The van der Waals surface area contributed by atoms with Gasteiger partial charge < -0.3 is 0 Å². The summed E-state index contributed by atoms with van der Waals surface area (Å²) >= 11 is 7.11. The van der Waals surface area contributed by atoms with E-state index in [4.69, 9.17) is 0 Å².